The summed E-state index contributed by atoms with van der Waals surface area (Å²) in [6.07, 6.45) is 12.2. The van der Waals surface area contributed by atoms with Gasteiger partial charge in [0.25, 0.3) is 0 Å². The molecule has 0 amide bonds. The second-order valence-corrected chi connectivity index (χ2v) is 7.45. The smallest absolute Gasteiger partial charge is 0.0677 e. The largest absolute Gasteiger partial charge is 0.264 e. The molecule has 2 heterocycles. The SMILES string of the molecule is CCC1=Nc2cc(C3=Cc4ccncc4C3)c(C)cc2C12CCC2. The summed E-state index contributed by atoms with van der Waals surface area (Å²) in [5.41, 5.74) is 11.2. The van der Waals surface area contributed by atoms with Gasteiger partial charge in [0.05, 0.1) is 5.69 Å². The first-order valence-corrected chi connectivity index (χ1v) is 9.08. The van der Waals surface area contributed by atoms with E-state index in [9.17, 15) is 0 Å². The molecular formula is C22H22N2. The lowest BCUT2D eigenvalue weighted by Crippen LogP contribution is -2.39. The van der Waals surface area contributed by atoms with Crippen molar-refractivity contribution in [2.24, 2.45) is 4.99 Å². The lowest BCUT2D eigenvalue weighted by molar-refractivity contribution is 0.343. The Labute approximate surface area is 143 Å². The Bertz CT molecular complexity index is 914. The Morgan fingerprint density at radius 1 is 1.21 bits per heavy atom. The molecule has 0 unspecified atom stereocenters. The third kappa shape index (κ3) is 1.77. The molecule has 1 aromatic heterocycles. The third-order valence-electron chi connectivity index (χ3n) is 6.21. The van der Waals surface area contributed by atoms with Gasteiger partial charge in [0.2, 0.25) is 0 Å². The highest BCUT2D eigenvalue weighted by atomic mass is 14.8. The first kappa shape index (κ1) is 14.2. The lowest BCUT2D eigenvalue weighted by atomic mass is 9.61. The number of aliphatic imine (C=N–C) groups is 1. The quantitative estimate of drug-likeness (QED) is 0.728. The average molecular weight is 314 g/mol. The Morgan fingerprint density at radius 2 is 2.08 bits per heavy atom. The molecule has 0 bridgehead atoms. The van der Waals surface area contributed by atoms with Crippen molar-refractivity contribution in [1.29, 1.82) is 0 Å². The van der Waals surface area contributed by atoms with Crippen LogP contribution >= 0.6 is 0 Å². The van der Waals surface area contributed by atoms with Crippen LogP contribution in [0.4, 0.5) is 5.69 Å². The highest BCUT2D eigenvalue weighted by molar-refractivity contribution is 6.03. The van der Waals surface area contributed by atoms with Gasteiger partial charge in [0.15, 0.2) is 0 Å². The average Bonchev–Trinajstić information content (AvgIpc) is 3.11. The number of allylic oxidation sites excluding steroid dienone is 1. The summed E-state index contributed by atoms with van der Waals surface area (Å²) in [5.74, 6) is 0. The van der Waals surface area contributed by atoms with Gasteiger partial charge in [0.1, 0.15) is 0 Å². The van der Waals surface area contributed by atoms with Crippen molar-refractivity contribution in [2.45, 2.75) is 51.4 Å². The second-order valence-electron chi connectivity index (χ2n) is 7.45. The van der Waals surface area contributed by atoms with Crippen molar-refractivity contribution >= 4 is 23.0 Å². The van der Waals surface area contributed by atoms with Crippen molar-refractivity contribution in [3.8, 4) is 0 Å². The van der Waals surface area contributed by atoms with E-state index < -0.39 is 0 Å². The molecule has 1 spiro atoms. The minimum Gasteiger partial charge on any atom is -0.264 e. The Balaban J connectivity index is 1.61. The van der Waals surface area contributed by atoms with E-state index in [2.05, 4.69) is 43.1 Å². The molecule has 0 radical (unpaired) electrons. The summed E-state index contributed by atoms with van der Waals surface area (Å²) < 4.78 is 0. The van der Waals surface area contributed by atoms with Gasteiger partial charge in [0, 0.05) is 29.9 Å². The van der Waals surface area contributed by atoms with Crippen LogP contribution in [-0.4, -0.2) is 10.7 Å². The van der Waals surface area contributed by atoms with Gasteiger partial charge in [-0.1, -0.05) is 25.5 Å². The van der Waals surface area contributed by atoms with E-state index in [-0.39, 0.29) is 5.41 Å². The van der Waals surface area contributed by atoms with E-state index in [1.807, 2.05) is 12.4 Å². The number of nitrogens with zero attached hydrogens (tertiary/aromatic N) is 2. The molecule has 1 saturated carbocycles. The second kappa shape index (κ2) is 4.89. The number of pyridine rings is 1. The molecule has 0 saturated heterocycles. The highest BCUT2D eigenvalue weighted by Crippen LogP contribution is 2.54. The fraction of sp³-hybridized carbons (Fsp3) is 0.364. The van der Waals surface area contributed by atoms with Gasteiger partial charge in [-0.05, 0) is 71.7 Å². The van der Waals surface area contributed by atoms with E-state index in [1.54, 1.807) is 0 Å². The van der Waals surface area contributed by atoms with Crippen LogP contribution in [0.1, 0.15) is 60.4 Å². The fourth-order valence-corrected chi connectivity index (χ4v) is 4.78. The zero-order valence-corrected chi connectivity index (χ0v) is 14.4. The minimum absolute atomic E-state index is 0.282. The standard InChI is InChI=1S/C22H22N2/c1-3-21-22(6-4-7-22)19-9-14(2)18(12-20(19)24-21)16-10-15-5-8-23-13-17(15)11-16/h5,8-10,12-13H,3-4,6-7,11H2,1-2H3. The fourth-order valence-electron chi connectivity index (χ4n) is 4.78. The summed E-state index contributed by atoms with van der Waals surface area (Å²) in [5, 5.41) is 0. The molecule has 3 aliphatic rings. The molecule has 1 aromatic carbocycles. The molecular weight excluding hydrogens is 292 g/mol. The first-order chi connectivity index (χ1) is 11.7. The summed E-state index contributed by atoms with van der Waals surface area (Å²) in [6, 6.07) is 6.89. The molecule has 1 aliphatic heterocycles. The molecule has 2 aromatic rings. The zero-order valence-electron chi connectivity index (χ0n) is 14.4. The predicted molar refractivity (Wildman–Crippen MR) is 99.9 cm³/mol. The highest BCUT2D eigenvalue weighted by Gasteiger charge is 2.47. The first-order valence-electron chi connectivity index (χ1n) is 9.08. The lowest BCUT2D eigenvalue weighted by Gasteiger charge is -2.40. The van der Waals surface area contributed by atoms with Crippen molar-refractivity contribution < 1.29 is 0 Å². The number of aromatic nitrogens is 1. The van der Waals surface area contributed by atoms with Gasteiger partial charge >= 0.3 is 0 Å². The monoisotopic (exact) mass is 314 g/mol. The molecule has 24 heavy (non-hydrogen) atoms. The molecule has 1 fully saturated rings. The van der Waals surface area contributed by atoms with Crippen LogP contribution in [0.25, 0.3) is 11.6 Å². The van der Waals surface area contributed by atoms with Crippen LogP contribution in [0.2, 0.25) is 0 Å². The number of aryl methyl sites for hydroxylation is 1. The minimum atomic E-state index is 0.282. The number of benzene rings is 1. The maximum atomic E-state index is 5.04. The van der Waals surface area contributed by atoms with Crippen LogP contribution < -0.4 is 0 Å². The molecule has 2 aliphatic carbocycles. The number of fused-ring (bicyclic) bond motifs is 3. The van der Waals surface area contributed by atoms with Crippen LogP contribution in [0.15, 0.2) is 35.6 Å². The summed E-state index contributed by atoms with van der Waals surface area (Å²) in [6.45, 7) is 4.51. The van der Waals surface area contributed by atoms with E-state index >= 15 is 0 Å². The normalized spacial score (nSPS) is 19.6. The van der Waals surface area contributed by atoms with Crippen molar-refractivity contribution in [1.82, 2.24) is 4.98 Å². The summed E-state index contributed by atoms with van der Waals surface area (Å²) in [4.78, 5) is 9.31. The van der Waals surface area contributed by atoms with E-state index in [1.165, 1.54) is 64.1 Å². The van der Waals surface area contributed by atoms with Gasteiger partial charge in [-0.15, -0.1) is 0 Å². The van der Waals surface area contributed by atoms with Crippen LogP contribution in [0.3, 0.4) is 0 Å². The number of hydrogen-bond acceptors (Lipinski definition) is 2. The van der Waals surface area contributed by atoms with Crippen LogP contribution in [0, 0.1) is 6.92 Å². The number of hydrogen-bond donors (Lipinski definition) is 0. The van der Waals surface area contributed by atoms with E-state index in [4.69, 9.17) is 4.99 Å². The van der Waals surface area contributed by atoms with Crippen molar-refractivity contribution in [2.75, 3.05) is 0 Å². The molecule has 2 heteroatoms. The van der Waals surface area contributed by atoms with Crippen molar-refractivity contribution in [3.05, 3.63) is 58.4 Å². The Morgan fingerprint density at radius 3 is 2.79 bits per heavy atom. The van der Waals surface area contributed by atoms with Crippen LogP contribution in [0.5, 0.6) is 0 Å². The maximum absolute atomic E-state index is 5.04. The topological polar surface area (TPSA) is 25.2 Å². The zero-order chi connectivity index (χ0) is 16.3. The summed E-state index contributed by atoms with van der Waals surface area (Å²) in [7, 11) is 0. The molecule has 2 nitrogen and oxygen atoms in total. The molecule has 0 N–H and O–H groups in total. The van der Waals surface area contributed by atoms with E-state index in [0.717, 1.165) is 12.8 Å². The maximum Gasteiger partial charge on any atom is 0.0677 e. The Kier molecular flexibility index (Phi) is 2.88. The van der Waals surface area contributed by atoms with Gasteiger partial charge < -0.3 is 0 Å². The molecule has 120 valence electrons. The van der Waals surface area contributed by atoms with Gasteiger partial charge in [-0.2, -0.15) is 0 Å². The van der Waals surface area contributed by atoms with Crippen molar-refractivity contribution in [3.63, 3.8) is 0 Å². The van der Waals surface area contributed by atoms with Gasteiger partial charge in [-0.25, -0.2) is 0 Å². The molecule has 5 rings (SSSR count). The van der Waals surface area contributed by atoms with E-state index in [0.29, 0.717) is 0 Å². The van der Waals surface area contributed by atoms with Gasteiger partial charge in [-0.3, -0.25) is 9.98 Å². The van der Waals surface area contributed by atoms with Crippen LogP contribution in [-0.2, 0) is 11.8 Å². The predicted octanol–water partition coefficient (Wildman–Crippen LogP) is 5.40. The number of rotatable bonds is 2. The summed E-state index contributed by atoms with van der Waals surface area (Å²) >= 11 is 0. The molecule has 0 atom stereocenters. The Hall–Kier alpha value is -2.22. The third-order valence-corrected chi connectivity index (χ3v) is 6.21.